The Morgan fingerprint density at radius 2 is 2.38 bits per heavy atom. The molecule has 4 heteroatoms. The zero-order chi connectivity index (χ0) is 15.1. The van der Waals surface area contributed by atoms with Crippen molar-refractivity contribution in [2.24, 2.45) is 0 Å². The molecule has 1 aromatic rings. The number of carbonyl (C=O) groups excluding carboxylic acids is 1. The molecular formula is C17H21NO3. The van der Waals surface area contributed by atoms with E-state index in [1.54, 1.807) is 12.1 Å². The molecule has 2 rings (SSSR count). The molecular weight excluding hydrogens is 266 g/mol. The van der Waals surface area contributed by atoms with Crippen LogP contribution in [0.1, 0.15) is 42.1 Å². The Morgan fingerprint density at radius 3 is 3.10 bits per heavy atom. The van der Waals surface area contributed by atoms with Gasteiger partial charge < -0.3 is 15.2 Å². The number of benzene rings is 1. The van der Waals surface area contributed by atoms with Gasteiger partial charge >= 0.3 is 0 Å². The van der Waals surface area contributed by atoms with Crippen LogP contribution < -0.4 is 5.32 Å². The molecule has 1 heterocycles. The minimum Gasteiger partial charge on any atom is -0.395 e. The monoisotopic (exact) mass is 287 g/mol. The van der Waals surface area contributed by atoms with E-state index in [0.717, 1.165) is 25.0 Å². The van der Waals surface area contributed by atoms with Gasteiger partial charge in [0.1, 0.15) is 0 Å². The standard InChI is InChI=1S/C17H21NO3/c1-17(9-5-11-21-17)13-18-16(20)15-8-4-7-14(12-15)6-2-3-10-19/h4,7-8,12,19H,3,5,9-11,13H2,1H3,(H,18,20). The van der Waals surface area contributed by atoms with Crippen LogP contribution in [0.2, 0.25) is 0 Å². The third kappa shape index (κ3) is 4.59. The van der Waals surface area contributed by atoms with Gasteiger partial charge in [0, 0.05) is 30.7 Å². The number of carbonyl (C=O) groups is 1. The lowest BCUT2D eigenvalue weighted by molar-refractivity contribution is 0.0206. The van der Waals surface area contributed by atoms with E-state index in [9.17, 15) is 4.79 Å². The van der Waals surface area contributed by atoms with Crippen LogP contribution in [0.3, 0.4) is 0 Å². The number of rotatable bonds is 4. The summed E-state index contributed by atoms with van der Waals surface area (Å²) in [6.07, 6.45) is 2.45. The lowest BCUT2D eigenvalue weighted by atomic mass is 10.0. The van der Waals surface area contributed by atoms with Gasteiger partial charge in [-0.1, -0.05) is 17.9 Å². The van der Waals surface area contributed by atoms with E-state index >= 15 is 0 Å². The maximum absolute atomic E-state index is 12.2. The molecule has 0 radical (unpaired) electrons. The average Bonchev–Trinajstić information content (AvgIpc) is 2.93. The van der Waals surface area contributed by atoms with E-state index < -0.39 is 0 Å². The molecule has 1 atom stereocenters. The minimum absolute atomic E-state index is 0.0474. The number of amides is 1. The zero-order valence-electron chi connectivity index (χ0n) is 12.3. The Labute approximate surface area is 125 Å². The van der Waals surface area contributed by atoms with Gasteiger partial charge in [-0.3, -0.25) is 4.79 Å². The molecule has 0 spiro atoms. The van der Waals surface area contributed by atoms with Crippen LogP contribution >= 0.6 is 0 Å². The van der Waals surface area contributed by atoms with Gasteiger partial charge in [-0.15, -0.1) is 0 Å². The number of ether oxygens (including phenoxy) is 1. The minimum atomic E-state index is -0.242. The third-order valence-electron chi connectivity index (χ3n) is 3.52. The predicted octanol–water partition coefficient (Wildman–Crippen LogP) is 1.72. The van der Waals surface area contributed by atoms with Gasteiger partial charge in [0.15, 0.2) is 0 Å². The highest BCUT2D eigenvalue weighted by molar-refractivity contribution is 5.94. The van der Waals surface area contributed by atoms with Gasteiger partial charge in [0.25, 0.3) is 5.91 Å². The third-order valence-corrected chi connectivity index (χ3v) is 3.52. The Balaban J connectivity index is 1.96. The molecule has 1 saturated heterocycles. The molecule has 0 aliphatic carbocycles. The summed E-state index contributed by atoms with van der Waals surface area (Å²) in [6.45, 7) is 3.36. The van der Waals surface area contributed by atoms with Crippen molar-refractivity contribution >= 4 is 5.91 Å². The van der Waals surface area contributed by atoms with Crippen LogP contribution in [-0.4, -0.2) is 36.4 Å². The number of aliphatic hydroxyl groups excluding tert-OH is 1. The Bertz CT molecular complexity index is 551. The quantitative estimate of drug-likeness (QED) is 0.829. The van der Waals surface area contributed by atoms with Gasteiger partial charge in [-0.2, -0.15) is 0 Å². The molecule has 4 nitrogen and oxygen atoms in total. The maximum Gasteiger partial charge on any atom is 0.251 e. The molecule has 21 heavy (non-hydrogen) atoms. The predicted molar refractivity (Wildman–Crippen MR) is 80.9 cm³/mol. The molecule has 1 aliphatic rings. The molecule has 1 amide bonds. The van der Waals surface area contributed by atoms with Crippen molar-refractivity contribution in [1.29, 1.82) is 0 Å². The molecule has 0 saturated carbocycles. The second-order valence-electron chi connectivity index (χ2n) is 5.44. The maximum atomic E-state index is 12.2. The van der Waals surface area contributed by atoms with Crippen molar-refractivity contribution in [2.75, 3.05) is 19.8 Å². The normalized spacial score (nSPS) is 20.7. The first-order valence-electron chi connectivity index (χ1n) is 7.25. The van der Waals surface area contributed by atoms with E-state index in [1.165, 1.54) is 0 Å². The van der Waals surface area contributed by atoms with Crippen LogP contribution in [0.4, 0.5) is 0 Å². The van der Waals surface area contributed by atoms with E-state index in [4.69, 9.17) is 9.84 Å². The summed E-state index contributed by atoms with van der Waals surface area (Å²) >= 11 is 0. The van der Waals surface area contributed by atoms with Crippen LogP contribution in [0.15, 0.2) is 24.3 Å². The fraction of sp³-hybridized carbons (Fsp3) is 0.471. The summed E-state index contributed by atoms with van der Waals surface area (Å²) < 4.78 is 5.66. The highest BCUT2D eigenvalue weighted by atomic mass is 16.5. The summed E-state index contributed by atoms with van der Waals surface area (Å²) in [5.74, 6) is 5.67. The molecule has 1 unspecified atom stereocenters. The number of hydrogen-bond acceptors (Lipinski definition) is 3. The van der Waals surface area contributed by atoms with Crippen LogP contribution in [0, 0.1) is 11.8 Å². The lowest BCUT2D eigenvalue weighted by Gasteiger charge is -2.23. The molecule has 112 valence electrons. The molecule has 1 aromatic carbocycles. The van der Waals surface area contributed by atoms with Crippen molar-refractivity contribution < 1.29 is 14.6 Å². The fourth-order valence-electron chi connectivity index (χ4n) is 2.30. The lowest BCUT2D eigenvalue weighted by Crippen LogP contribution is -2.40. The van der Waals surface area contributed by atoms with E-state index in [1.807, 2.05) is 19.1 Å². The summed E-state index contributed by atoms with van der Waals surface area (Å²) in [5.41, 5.74) is 1.13. The molecule has 1 aliphatic heterocycles. The van der Waals surface area contributed by atoms with Gasteiger partial charge in [-0.05, 0) is 38.0 Å². The number of nitrogens with one attached hydrogen (secondary N) is 1. The summed E-state index contributed by atoms with van der Waals surface area (Å²) in [5, 5.41) is 11.6. The number of hydrogen-bond donors (Lipinski definition) is 2. The summed E-state index contributed by atoms with van der Waals surface area (Å²) in [4.78, 5) is 12.2. The average molecular weight is 287 g/mol. The first-order chi connectivity index (χ1) is 10.1. The Hall–Kier alpha value is -1.83. The van der Waals surface area contributed by atoms with Crippen molar-refractivity contribution in [3.05, 3.63) is 35.4 Å². The molecule has 1 fully saturated rings. The molecule has 2 N–H and O–H groups in total. The molecule has 0 bridgehead atoms. The highest BCUT2D eigenvalue weighted by Crippen LogP contribution is 2.23. The van der Waals surface area contributed by atoms with Gasteiger partial charge in [0.05, 0.1) is 12.2 Å². The van der Waals surface area contributed by atoms with E-state index in [0.29, 0.717) is 18.5 Å². The van der Waals surface area contributed by atoms with Crippen molar-refractivity contribution in [3.63, 3.8) is 0 Å². The van der Waals surface area contributed by atoms with Crippen LogP contribution in [-0.2, 0) is 4.74 Å². The SMILES string of the molecule is CC1(CNC(=O)c2cccc(C#CCCO)c2)CCCO1. The van der Waals surface area contributed by atoms with Crippen molar-refractivity contribution in [3.8, 4) is 11.8 Å². The second kappa shape index (κ2) is 7.26. The largest absolute Gasteiger partial charge is 0.395 e. The first-order valence-corrected chi connectivity index (χ1v) is 7.25. The second-order valence-corrected chi connectivity index (χ2v) is 5.44. The number of aliphatic hydroxyl groups is 1. The smallest absolute Gasteiger partial charge is 0.251 e. The fourth-order valence-corrected chi connectivity index (χ4v) is 2.30. The van der Waals surface area contributed by atoms with E-state index in [-0.39, 0.29) is 18.1 Å². The highest BCUT2D eigenvalue weighted by Gasteiger charge is 2.30. The zero-order valence-corrected chi connectivity index (χ0v) is 12.3. The van der Waals surface area contributed by atoms with Crippen LogP contribution in [0.25, 0.3) is 0 Å². The topological polar surface area (TPSA) is 58.6 Å². The van der Waals surface area contributed by atoms with Crippen molar-refractivity contribution in [1.82, 2.24) is 5.32 Å². The van der Waals surface area contributed by atoms with Gasteiger partial charge in [-0.25, -0.2) is 0 Å². The molecule has 0 aromatic heterocycles. The van der Waals surface area contributed by atoms with E-state index in [2.05, 4.69) is 17.2 Å². The summed E-state index contributed by atoms with van der Waals surface area (Å²) in [6, 6.07) is 7.19. The van der Waals surface area contributed by atoms with Crippen molar-refractivity contribution in [2.45, 2.75) is 31.8 Å². The van der Waals surface area contributed by atoms with Crippen LogP contribution in [0.5, 0.6) is 0 Å². The van der Waals surface area contributed by atoms with Gasteiger partial charge in [0.2, 0.25) is 0 Å². The summed E-state index contributed by atoms with van der Waals surface area (Å²) in [7, 11) is 0. The Kier molecular flexibility index (Phi) is 5.38. The Morgan fingerprint density at radius 1 is 1.52 bits per heavy atom. The first kappa shape index (κ1) is 15.6.